The van der Waals surface area contributed by atoms with Gasteiger partial charge in [0.15, 0.2) is 5.82 Å². The number of carbonyl (C=O) groups excluding carboxylic acids is 1. The average Bonchev–Trinajstić information content (AvgIpc) is 2.46. The number of rotatable bonds is 1. The van der Waals surface area contributed by atoms with E-state index in [1.54, 1.807) is 0 Å². The first kappa shape index (κ1) is 8.66. The molecule has 0 saturated carbocycles. The first-order valence-corrected chi connectivity index (χ1v) is 4.26. The second-order valence-corrected chi connectivity index (χ2v) is 3.10. The molecule has 70 valence electrons. The Morgan fingerprint density at radius 2 is 2.29 bits per heavy atom. The summed E-state index contributed by atoms with van der Waals surface area (Å²) in [5.41, 5.74) is 1.91. The van der Waals surface area contributed by atoms with Gasteiger partial charge in [0.1, 0.15) is 5.82 Å². The standard InChI is InChI=1S/C10H9N3O/c1-7-4-3-5-13-8(2)12-10(9(7)13)11-6-14/h3-5H,1-2H3. The van der Waals surface area contributed by atoms with Crippen LogP contribution in [0.2, 0.25) is 0 Å². The molecule has 2 heterocycles. The van der Waals surface area contributed by atoms with E-state index in [9.17, 15) is 4.79 Å². The van der Waals surface area contributed by atoms with Gasteiger partial charge in [-0.05, 0) is 25.5 Å². The van der Waals surface area contributed by atoms with Crippen LogP contribution in [0.5, 0.6) is 0 Å². The van der Waals surface area contributed by atoms with Gasteiger partial charge in [-0.1, -0.05) is 6.07 Å². The molecule has 0 N–H and O–H groups in total. The topological polar surface area (TPSA) is 46.7 Å². The van der Waals surface area contributed by atoms with Gasteiger partial charge >= 0.3 is 0 Å². The van der Waals surface area contributed by atoms with Crippen molar-refractivity contribution in [3.05, 3.63) is 29.7 Å². The Labute approximate surface area is 80.9 Å². The van der Waals surface area contributed by atoms with E-state index in [0.717, 1.165) is 16.9 Å². The van der Waals surface area contributed by atoms with Crippen LogP contribution in [0.3, 0.4) is 0 Å². The molecule has 0 aliphatic carbocycles. The van der Waals surface area contributed by atoms with Crippen LogP contribution in [0.25, 0.3) is 5.52 Å². The summed E-state index contributed by atoms with van der Waals surface area (Å²) in [4.78, 5) is 18.0. The molecule has 2 rings (SSSR count). The second-order valence-electron chi connectivity index (χ2n) is 3.10. The van der Waals surface area contributed by atoms with Crippen molar-refractivity contribution < 1.29 is 4.79 Å². The molecule has 4 nitrogen and oxygen atoms in total. The summed E-state index contributed by atoms with van der Waals surface area (Å²) >= 11 is 0. The van der Waals surface area contributed by atoms with Crippen molar-refractivity contribution in [2.75, 3.05) is 0 Å². The zero-order valence-corrected chi connectivity index (χ0v) is 7.98. The third-order valence-corrected chi connectivity index (χ3v) is 2.18. The van der Waals surface area contributed by atoms with Crippen LogP contribution in [0.1, 0.15) is 11.4 Å². The minimum absolute atomic E-state index is 0.440. The Bertz CT molecular complexity index is 536. The molecule has 0 aliphatic rings. The minimum atomic E-state index is 0.440. The van der Waals surface area contributed by atoms with Gasteiger partial charge in [-0.2, -0.15) is 0 Å². The summed E-state index contributed by atoms with van der Waals surface area (Å²) in [5, 5.41) is 0. The molecule has 0 bridgehead atoms. The SMILES string of the molecule is Cc1cccn2c(C)nc(N=C=O)c12. The Morgan fingerprint density at radius 3 is 3.00 bits per heavy atom. The summed E-state index contributed by atoms with van der Waals surface area (Å²) in [6, 6.07) is 3.89. The molecular weight excluding hydrogens is 178 g/mol. The number of isocyanates is 1. The maximum Gasteiger partial charge on any atom is 0.242 e. The van der Waals surface area contributed by atoms with E-state index < -0.39 is 0 Å². The first-order valence-electron chi connectivity index (χ1n) is 4.26. The lowest BCUT2D eigenvalue weighted by atomic mass is 10.2. The molecule has 2 aromatic heterocycles. The number of imidazole rings is 1. The summed E-state index contributed by atoms with van der Waals surface area (Å²) in [6.45, 7) is 3.83. The fraction of sp³-hybridized carbons (Fsp3) is 0.200. The number of hydrogen-bond donors (Lipinski definition) is 0. The number of pyridine rings is 1. The van der Waals surface area contributed by atoms with Gasteiger partial charge in [0.2, 0.25) is 6.08 Å². The van der Waals surface area contributed by atoms with Crippen LogP contribution >= 0.6 is 0 Å². The van der Waals surface area contributed by atoms with Crippen LogP contribution in [-0.4, -0.2) is 15.5 Å². The third kappa shape index (κ3) is 1.13. The van der Waals surface area contributed by atoms with E-state index in [4.69, 9.17) is 0 Å². The zero-order valence-electron chi connectivity index (χ0n) is 7.98. The molecule has 0 amide bonds. The lowest BCUT2D eigenvalue weighted by molar-refractivity contribution is 0.565. The van der Waals surface area contributed by atoms with Gasteiger partial charge in [0.05, 0.1) is 5.52 Å². The van der Waals surface area contributed by atoms with Gasteiger partial charge in [-0.3, -0.25) is 0 Å². The Hall–Kier alpha value is -1.93. The summed E-state index contributed by atoms with van der Waals surface area (Å²) < 4.78 is 1.91. The van der Waals surface area contributed by atoms with E-state index in [2.05, 4.69) is 9.98 Å². The van der Waals surface area contributed by atoms with Crippen molar-refractivity contribution in [3.8, 4) is 0 Å². The first-order chi connectivity index (χ1) is 6.74. The lowest BCUT2D eigenvalue weighted by Gasteiger charge is -1.98. The largest absolute Gasteiger partial charge is 0.302 e. The van der Waals surface area contributed by atoms with Crippen molar-refractivity contribution >= 4 is 17.4 Å². The van der Waals surface area contributed by atoms with Gasteiger partial charge in [0.25, 0.3) is 0 Å². The summed E-state index contributed by atoms with van der Waals surface area (Å²) in [7, 11) is 0. The predicted octanol–water partition coefficient (Wildman–Crippen LogP) is 1.92. The monoisotopic (exact) mass is 187 g/mol. The number of hydrogen-bond acceptors (Lipinski definition) is 3. The molecule has 14 heavy (non-hydrogen) atoms. The molecular formula is C10H9N3O. The van der Waals surface area contributed by atoms with E-state index in [1.165, 1.54) is 6.08 Å². The highest BCUT2D eigenvalue weighted by molar-refractivity contribution is 5.72. The zero-order chi connectivity index (χ0) is 10.1. The predicted molar refractivity (Wildman–Crippen MR) is 52.4 cm³/mol. The number of aliphatic imine (C=N–C) groups is 1. The van der Waals surface area contributed by atoms with Crippen molar-refractivity contribution in [2.24, 2.45) is 4.99 Å². The molecule has 0 aliphatic heterocycles. The summed E-state index contributed by atoms with van der Waals surface area (Å²) in [6.07, 6.45) is 3.41. The minimum Gasteiger partial charge on any atom is -0.302 e. The van der Waals surface area contributed by atoms with Gasteiger partial charge in [-0.15, -0.1) is 4.99 Å². The fourth-order valence-electron chi connectivity index (χ4n) is 1.55. The van der Waals surface area contributed by atoms with E-state index >= 15 is 0 Å². The van der Waals surface area contributed by atoms with E-state index in [1.807, 2.05) is 36.6 Å². The molecule has 2 aromatic rings. The quantitative estimate of drug-likeness (QED) is 0.505. The Morgan fingerprint density at radius 1 is 1.50 bits per heavy atom. The molecule has 0 saturated heterocycles. The highest BCUT2D eigenvalue weighted by Crippen LogP contribution is 2.23. The maximum absolute atomic E-state index is 10.2. The smallest absolute Gasteiger partial charge is 0.242 e. The van der Waals surface area contributed by atoms with Crippen LogP contribution in [0, 0.1) is 13.8 Å². The van der Waals surface area contributed by atoms with Crippen LogP contribution in [-0.2, 0) is 4.79 Å². The normalized spacial score (nSPS) is 10.1. The molecule has 0 atom stereocenters. The van der Waals surface area contributed by atoms with Crippen molar-refractivity contribution in [2.45, 2.75) is 13.8 Å². The number of aryl methyl sites for hydroxylation is 2. The Balaban J connectivity index is 2.92. The van der Waals surface area contributed by atoms with Crippen LogP contribution in [0.15, 0.2) is 23.3 Å². The van der Waals surface area contributed by atoms with E-state index in [-0.39, 0.29) is 0 Å². The van der Waals surface area contributed by atoms with Gasteiger partial charge in [0, 0.05) is 6.20 Å². The number of nitrogens with zero attached hydrogens (tertiary/aromatic N) is 3. The van der Waals surface area contributed by atoms with Crippen molar-refractivity contribution in [1.29, 1.82) is 0 Å². The van der Waals surface area contributed by atoms with Crippen molar-refractivity contribution in [1.82, 2.24) is 9.38 Å². The molecule has 4 heteroatoms. The number of fused-ring (bicyclic) bond motifs is 1. The Kier molecular flexibility index (Phi) is 1.91. The molecule has 0 unspecified atom stereocenters. The molecule has 0 aromatic carbocycles. The average molecular weight is 187 g/mol. The third-order valence-electron chi connectivity index (χ3n) is 2.18. The highest BCUT2D eigenvalue weighted by Gasteiger charge is 2.08. The van der Waals surface area contributed by atoms with Crippen LogP contribution < -0.4 is 0 Å². The molecule has 0 spiro atoms. The second kappa shape index (κ2) is 3.09. The van der Waals surface area contributed by atoms with Crippen LogP contribution in [0.4, 0.5) is 5.82 Å². The highest BCUT2D eigenvalue weighted by atomic mass is 16.1. The summed E-state index contributed by atoms with van der Waals surface area (Å²) in [5.74, 6) is 1.26. The molecule has 0 fully saturated rings. The fourth-order valence-corrected chi connectivity index (χ4v) is 1.55. The lowest BCUT2D eigenvalue weighted by Crippen LogP contribution is -1.87. The number of aromatic nitrogens is 2. The molecule has 0 radical (unpaired) electrons. The van der Waals surface area contributed by atoms with Gasteiger partial charge in [-0.25, -0.2) is 9.78 Å². The van der Waals surface area contributed by atoms with Gasteiger partial charge < -0.3 is 4.40 Å². The van der Waals surface area contributed by atoms with E-state index in [0.29, 0.717) is 5.82 Å². The maximum atomic E-state index is 10.2. The van der Waals surface area contributed by atoms with Crippen molar-refractivity contribution in [3.63, 3.8) is 0 Å².